The van der Waals surface area contributed by atoms with Crippen LogP contribution in [0.3, 0.4) is 0 Å². The Morgan fingerprint density at radius 1 is 0.958 bits per heavy atom. The van der Waals surface area contributed by atoms with Crippen LogP contribution >= 0.6 is 0 Å². The fourth-order valence-corrected chi connectivity index (χ4v) is 2.91. The molecule has 0 radical (unpaired) electrons. The number of amides is 1. The molecule has 0 saturated carbocycles. The zero-order valence-corrected chi connectivity index (χ0v) is 13.8. The number of rotatable bonds is 7. The van der Waals surface area contributed by atoms with Crippen molar-refractivity contribution in [3.63, 3.8) is 0 Å². The van der Waals surface area contributed by atoms with Crippen LogP contribution in [0, 0.1) is 5.92 Å². The molecule has 0 bridgehead atoms. The number of carbonyl (C=O) groups excluding carboxylic acids is 1. The number of likely N-dealkylation sites (tertiary alicyclic amines) is 1. The van der Waals surface area contributed by atoms with Crippen molar-refractivity contribution in [2.45, 2.75) is 12.8 Å². The van der Waals surface area contributed by atoms with E-state index < -0.39 is 0 Å². The molecule has 4 nitrogen and oxygen atoms in total. The Bertz CT molecular complexity index is 630. The molecule has 1 aliphatic heterocycles. The van der Waals surface area contributed by atoms with Crippen LogP contribution in [0.2, 0.25) is 0 Å². The third kappa shape index (κ3) is 4.75. The van der Waals surface area contributed by atoms with Crippen LogP contribution in [0.4, 0.5) is 0 Å². The van der Waals surface area contributed by atoms with Gasteiger partial charge in [-0.3, -0.25) is 4.79 Å². The number of benzene rings is 2. The van der Waals surface area contributed by atoms with Crippen LogP contribution in [-0.2, 0) is 4.79 Å². The highest BCUT2D eigenvalue weighted by molar-refractivity contribution is 5.78. The van der Waals surface area contributed by atoms with Gasteiger partial charge in [0.25, 0.3) is 5.91 Å². The summed E-state index contributed by atoms with van der Waals surface area (Å²) in [6.07, 6.45) is 2.01. The van der Waals surface area contributed by atoms with E-state index in [1.165, 1.54) is 0 Å². The molecule has 0 aliphatic carbocycles. The van der Waals surface area contributed by atoms with E-state index in [0.717, 1.165) is 37.4 Å². The van der Waals surface area contributed by atoms with Gasteiger partial charge in [-0.1, -0.05) is 36.4 Å². The first-order valence-corrected chi connectivity index (χ1v) is 8.45. The van der Waals surface area contributed by atoms with E-state index in [1.54, 1.807) is 0 Å². The van der Waals surface area contributed by atoms with E-state index in [2.05, 4.69) is 0 Å². The molecule has 2 aromatic carbocycles. The van der Waals surface area contributed by atoms with Crippen molar-refractivity contribution in [2.75, 3.05) is 26.3 Å². The Balaban J connectivity index is 1.36. The first-order valence-electron chi connectivity index (χ1n) is 8.45. The lowest BCUT2D eigenvalue weighted by molar-refractivity contribution is -0.132. The Kier molecular flexibility index (Phi) is 5.72. The number of nitrogens with zero attached hydrogens (tertiary/aromatic N) is 1. The number of ether oxygens (including phenoxy) is 2. The van der Waals surface area contributed by atoms with E-state index in [0.29, 0.717) is 12.5 Å². The summed E-state index contributed by atoms with van der Waals surface area (Å²) in [5.74, 6) is 2.21. The molecular formula is C20H23NO3. The monoisotopic (exact) mass is 325 g/mol. The van der Waals surface area contributed by atoms with Crippen molar-refractivity contribution >= 4 is 5.91 Å². The van der Waals surface area contributed by atoms with Crippen molar-refractivity contribution in [1.82, 2.24) is 4.90 Å². The fraction of sp³-hybridized carbons (Fsp3) is 0.350. The van der Waals surface area contributed by atoms with Gasteiger partial charge in [-0.15, -0.1) is 0 Å². The topological polar surface area (TPSA) is 38.8 Å². The molecular weight excluding hydrogens is 302 g/mol. The zero-order chi connectivity index (χ0) is 16.6. The number of para-hydroxylation sites is 2. The predicted molar refractivity (Wildman–Crippen MR) is 93.2 cm³/mol. The fourth-order valence-electron chi connectivity index (χ4n) is 2.91. The molecule has 1 atom stereocenters. The summed E-state index contributed by atoms with van der Waals surface area (Å²) >= 11 is 0. The molecule has 1 heterocycles. The van der Waals surface area contributed by atoms with Gasteiger partial charge in [0.2, 0.25) is 0 Å². The van der Waals surface area contributed by atoms with Gasteiger partial charge in [-0.25, -0.2) is 0 Å². The number of carbonyl (C=O) groups is 1. The molecule has 3 rings (SSSR count). The average molecular weight is 325 g/mol. The standard InChI is InChI=1S/C20H23NO3/c22-20(16-24-19-9-5-2-6-10-19)21-13-11-17(15-21)12-14-23-18-7-3-1-4-8-18/h1-10,17H,11-16H2. The molecule has 126 valence electrons. The van der Waals surface area contributed by atoms with Gasteiger partial charge in [0.15, 0.2) is 6.61 Å². The lowest BCUT2D eigenvalue weighted by atomic mass is 10.1. The van der Waals surface area contributed by atoms with Crippen molar-refractivity contribution < 1.29 is 14.3 Å². The highest BCUT2D eigenvalue weighted by Crippen LogP contribution is 2.20. The van der Waals surface area contributed by atoms with E-state index in [4.69, 9.17) is 9.47 Å². The van der Waals surface area contributed by atoms with Crippen LogP contribution < -0.4 is 9.47 Å². The van der Waals surface area contributed by atoms with Crippen LogP contribution in [0.1, 0.15) is 12.8 Å². The molecule has 24 heavy (non-hydrogen) atoms. The molecule has 0 aromatic heterocycles. The van der Waals surface area contributed by atoms with Gasteiger partial charge in [-0.05, 0) is 43.0 Å². The van der Waals surface area contributed by atoms with Crippen LogP contribution in [0.5, 0.6) is 11.5 Å². The second-order valence-corrected chi connectivity index (χ2v) is 6.05. The third-order valence-corrected chi connectivity index (χ3v) is 4.28. The maximum atomic E-state index is 12.2. The van der Waals surface area contributed by atoms with Crippen molar-refractivity contribution in [3.8, 4) is 11.5 Å². The highest BCUT2D eigenvalue weighted by Gasteiger charge is 2.26. The summed E-state index contributed by atoms with van der Waals surface area (Å²) in [5.41, 5.74) is 0. The lowest BCUT2D eigenvalue weighted by Gasteiger charge is -2.17. The quantitative estimate of drug-likeness (QED) is 0.783. The van der Waals surface area contributed by atoms with Crippen LogP contribution in [0.15, 0.2) is 60.7 Å². The molecule has 1 aliphatic rings. The first-order chi connectivity index (χ1) is 11.8. The van der Waals surface area contributed by atoms with E-state index in [1.807, 2.05) is 65.6 Å². The average Bonchev–Trinajstić information content (AvgIpc) is 3.10. The third-order valence-electron chi connectivity index (χ3n) is 4.28. The Hall–Kier alpha value is -2.49. The zero-order valence-electron chi connectivity index (χ0n) is 13.8. The molecule has 1 unspecified atom stereocenters. The molecule has 1 saturated heterocycles. The van der Waals surface area contributed by atoms with Gasteiger partial charge >= 0.3 is 0 Å². The predicted octanol–water partition coefficient (Wildman–Crippen LogP) is 3.38. The van der Waals surface area contributed by atoms with Crippen molar-refractivity contribution in [2.24, 2.45) is 5.92 Å². The Labute approximate surface area is 143 Å². The summed E-state index contributed by atoms with van der Waals surface area (Å²) in [4.78, 5) is 14.1. The van der Waals surface area contributed by atoms with Crippen molar-refractivity contribution in [1.29, 1.82) is 0 Å². The second kappa shape index (κ2) is 8.39. The molecule has 1 fully saturated rings. The van der Waals surface area contributed by atoms with Crippen molar-refractivity contribution in [3.05, 3.63) is 60.7 Å². The van der Waals surface area contributed by atoms with Crippen LogP contribution in [0.25, 0.3) is 0 Å². The lowest BCUT2D eigenvalue weighted by Crippen LogP contribution is -2.33. The molecule has 2 aromatic rings. The van der Waals surface area contributed by atoms with E-state index in [9.17, 15) is 4.79 Å². The summed E-state index contributed by atoms with van der Waals surface area (Å²) in [5, 5.41) is 0. The molecule has 4 heteroatoms. The largest absolute Gasteiger partial charge is 0.494 e. The van der Waals surface area contributed by atoms with Gasteiger partial charge in [-0.2, -0.15) is 0 Å². The molecule has 0 spiro atoms. The first kappa shape index (κ1) is 16.4. The highest BCUT2D eigenvalue weighted by atomic mass is 16.5. The van der Waals surface area contributed by atoms with Gasteiger partial charge in [0.1, 0.15) is 11.5 Å². The maximum Gasteiger partial charge on any atom is 0.260 e. The summed E-state index contributed by atoms with van der Waals surface area (Å²) in [6, 6.07) is 19.3. The normalized spacial score (nSPS) is 16.8. The van der Waals surface area contributed by atoms with Gasteiger partial charge < -0.3 is 14.4 Å². The molecule has 1 amide bonds. The summed E-state index contributed by atoms with van der Waals surface area (Å²) < 4.78 is 11.3. The van der Waals surface area contributed by atoms with E-state index in [-0.39, 0.29) is 12.5 Å². The summed E-state index contributed by atoms with van der Waals surface area (Å²) in [6.45, 7) is 2.41. The number of hydrogen-bond acceptors (Lipinski definition) is 3. The maximum absolute atomic E-state index is 12.2. The minimum absolute atomic E-state index is 0.0605. The van der Waals surface area contributed by atoms with E-state index >= 15 is 0 Å². The SMILES string of the molecule is O=C(COc1ccccc1)N1CCC(CCOc2ccccc2)C1. The Morgan fingerprint density at radius 3 is 2.25 bits per heavy atom. The number of hydrogen-bond donors (Lipinski definition) is 0. The second-order valence-electron chi connectivity index (χ2n) is 6.05. The molecule has 0 N–H and O–H groups in total. The van der Waals surface area contributed by atoms with Gasteiger partial charge in [0.05, 0.1) is 6.61 Å². The Morgan fingerprint density at radius 2 is 1.58 bits per heavy atom. The van der Waals surface area contributed by atoms with Crippen LogP contribution in [-0.4, -0.2) is 37.1 Å². The summed E-state index contributed by atoms with van der Waals surface area (Å²) in [7, 11) is 0. The minimum Gasteiger partial charge on any atom is -0.494 e. The minimum atomic E-state index is 0.0605. The van der Waals surface area contributed by atoms with Gasteiger partial charge in [0, 0.05) is 13.1 Å². The smallest absolute Gasteiger partial charge is 0.260 e.